The van der Waals surface area contributed by atoms with Crippen LogP contribution in [0.25, 0.3) is 0 Å². The predicted molar refractivity (Wildman–Crippen MR) is 120 cm³/mol. The molecule has 0 amide bonds. The van der Waals surface area contributed by atoms with Crippen LogP contribution in [0.3, 0.4) is 0 Å². The third-order valence-electron chi connectivity index (χ3n) is 3.65. The molecule has 24 heavy (non-hydrogen) atoms. The lowest BCUT2D eigenvalue weighted by Crippen LogP contribution is -2.38. The Morgan fingerprint density at radius 3 is 2.46 bits per heavy atom. The predicted octanol–water partition coefficient (Wildman–Crippen LogP) is 3.56. The first-order valence-electron chi connectivity index (χ1n) is 8.54. The average Bonchev–Trinajstić information content (AvgIpc) is 2.58. The molecule has 0 aliphatic heterocycles. The SMILES string of the molecule is CCNC(=NCc1cccc(CN(CC)CC)c1)NCCSC.I. The van der Waals surface area contributed by atoms with Gasteiger partial charge in [0.2, 0.25) is 0 Å². The largest absolute Gasteiger partial charge is 0.357 e. The summed E-state index contributed by atoms with van der Waals surface area (Å²) < 4.78 is 0. The fraction of sp³-hybridized carbons (Fsp3) is 0.611. The van der Waals surface area contributed by atoms with Crippen LogP contribution < -0.4 is 10.6 Å². The molecule has 1 aromatic carbocycles. The number of nitrogens with one attached hydrogen (secondary N) is 2. The Bertz CT molecular complexity index is 464. The highest BCUT2D eigenvalue weighted by molar-refractivity contribution is 14.0. The molecule has 138 valence electrons. The molecule has 0 spiro atoms. The smallest absolute Gasteiger partial charge is 0.191 e. The van der Waals surface area contributed by atoms with Gasteiger partial charge in [-0.1, -0.05) is 38.1 Å². The Morgan fingerprint density at radius 1 is 1.12 bits per heavy atom. The average molecular weight is 464 g/mol. The molecule has 0 aromatic heterocycles. The van der Waals surface area contributed by atoms with Crippen LogP contribution in [0.15, 0.2) is 29.3 Å². The van der Waals surface area contributed by atoms with Crippen LogP contribution in [0.5, 0.6) is 0 Å². The van der Waals surface area contributed by atoms with Crippen LogP contribution >= 0.6 is 35.7 Å². The van der Waals surface area contributed by atoms with E-state index in [1.165, 1.54) is 11.1 Å². The normalized spacial score (nSPS) is 11.3. The van der Waals surface area contributed by atoms with Gasteiger partial charge < -0.3 is 10.6 Å². The van der Waals surface area contributed by atoms with E-state index in [0.717, 1.165) is 44.4 Å². The molecule has 0 saturated carbocycles. The minimum Gasteiger partial charge on any atom is -0.357 e. The molecular weight excluding hydrogens is 431 g/mol. The van der Waals surface area contributed by atoms with E-state index in [1.54, 1.807) is 0 Å². The van der Waals surface area contributed by atoms with E-state index in [0.29, 0.717) is 6.54 Å². The van der Waals surface area contributed by atoms with Crippen LogP contribution in [0.4, 0.5) is 0 Å². The Balaban J connectivity index is 0.00000529. The highest BCUT2D eigenvalue weighted by Crippen LogP contribution is 2.09. The second kappa shape index (κ2) is 14.8. The van der Waals surface area contributed by atoms with E-state index in [2.05, 4.69) is 71.8 Å². The summed E-state index contributed by atoms with van der Waals surface area (Å²) in [5.41, 5.74) is 2.62. The molecule has 0 atom stereocenters. The van der Waals surface area contributed by atoms with Crippen molar-refractivity contribution >= 4 is 41.7 Å². The molecule has 4 nitrogen and oxygen atoms in total. The third-order valence-corrected chi connectivity index (χ3v) is 4.27. The molecule has 1 rings (SSSR count). The molecule has 0 aliphatic rings. The number of benzene rings is 1. The van der Waals surface area contributed by atoms with Gasteiger partial charge in [-0.05, 0) is 37.4 Å². The number of rotatable bonds is 10. The van der Waals surface area contributed by atoms with Gasteiger partial charge in [-0.2, -0.15) is 11.8 Å². The number of halogens is 1. The first kappa shape index (κ1) is 23.5. The molecule has 0 saturated heterocycles. The van der Waals surface area contributed by atoms with Crippen molar-refractivity contribution in [3.63, 3.8) is 0 Å². The van der Waals surface area contributed by atoms with E-state index in [9.17, 15) is 0 Å². The van der Waals surface area contributed by atoms with Gasteiger partial charge in [0.25, 0.3) is 0 Å². The van der Waals surface area contributed by atoms with Crippen LogP contribution in [0, 0.1) is 0 Å². The first-order chi connectivity index (χ1) is 11.2. The zero-order valence-electron chi connectivity index (χ0n) is 15.5. The van der Waals surface area contributed by atoms with Crippen molar-refractivity contribution in [3.8, 4) is 0 Å². The third kappa shape index (κ3) is 9.74. The van der Waals surface area contributed by atoms with Crippen molar-refractivity contribution in [3.05, 3.63) is 35.4 Å². The number of nitrogens with zero attached hydrogens (tertiary/aromatic N) is 2. The fourth-order valence-electron chi connectivity index (χ4n) is 2.32. The molecule has 0 bridgehead atoms. The Kier molecular flexibility index (Phi) is 14.5. The molecule has 0 unspecified atom stereocenters. The van der Waals surface area contributed by atoms with Crippen LogP contribution in [-0.2, 0) is 13.1 Å². The van der Waals surface area contributed by atoms with Crippen LogP contribution in [0.2, 0.25) is 0 Å². The Labute approximate surface area is 169 Å². The van der Waals surface area contributed by atoms with Gasteiger partial charge in [-0.3, -0.25) is 4.90 Å². The quantitative estimate of drug-likeness (QED) is 0.241. The van der Waals surface area contributed by atoms with Gasteiger partial charge in [0.05, 0.1) is 6.54 Å². The van der Waals surface area contributed by atoms with Gasteiger partial charge in [0.1, 0.15) is 0 Å². The minimum absolute atomic E-state index is 0. The molecule has 6 heteroatoms. The summed E-state index contributed by atoms with van der Waals surface area (Å²) in [7, 11) is 0. The maximum absolute atomic E-state index is 4.69. The second-order valence-electron chi connectivity index (χ2n) is 5.40. The lowest BCUT2D eigenvalue weighted by atomic mass is 10.1. The fourth-order valence-corrected chi connectivity index (χ4v) is 2.62. The molecule has 0 fully saturated rings. The first-order valence-corrected chi connectivity index (χ1v) is 9.94. The summed E-state index contributed by atoms with van der Waals surface area (Å²) in [6.45, 7) is 12.2. The van der Waals surface area contributed by atoms with Crippen molar-refractivity contribution in [2.45, 2.75) is 33.9 Å². The number of thioether (sulfide) groups is 1. The second-order valence-corrected chi connectivity index (χ2v) is 6.38. The highest BCUT2D eigenvalue weighted by atomic mass is 127. The van der Waals surface area contributed by atoms with Crippen molar-refractivity contribution in [2.24, 2.45) is 4.99 Å². The number of aliphatic imine (C=N–C) groups is 1. The molecule has 2 N–H and O–H groups in total. The molecule has 0 radical (unpaired) electrons. The van der Waals surface area contributed by atoms with Gasteiger partial charge in [0, 0.05) is 25.4 Å². The maximum atomic E-state index is 4.69. The Morgan fingerprint density at radius 2 is 1.83 bits per heavy atom. The van der Waals surface area contributed by atoms with Crippen molar-refractivity contribution in [2.75, 3.05) is 38.2 Å². The number of hydrogen-bond acceptors (Lipinski definition) is 3. The zero-order valence-corrected chi connectivity index (χ0v) is 18.6. The summed E-state index contributed by atoms with van der Waals surface area (Å²) in [4.78, 5) is 7.11. The van der Waals surface area contributed by atoms with Crippen LogP contribution in [-0.4, -0.2) is 49.0 Å². The standard InChI is InChI=1S/C18H32N4S.HI/c1-5-19-18(20-11-12-23-4)21-14-16-9-8-10-17(13-16)15-22(6-2)7-3;/h8-10,13H,5-7,11-12,14-15H2,1-4H3,(H2,19,20,21);1H. The van der Waals surface area contributed by atoms with Gasteiger partial charge in [-0.25, -0.2) is 4.99 Å². The summed E-state index contributed by atoms with van der Waals surface area (Å²) in [5, 5.41) is 6.67. The summed E-state index contributed by atoms with van der Waals surface area (Å²) >= 11 is 1.84. The number of hydrogen-bond donors (Lipinski definition) is 2. The van der Waals surface area contributed by atoms with Gasteiger partial charge in [0.15, 0.2) is 5.96 Å². The summed E-state index contributed by atoms with van der Waals surface area (Å²) in [6.07, 6.45) is 2.12. The maximum Gasteiger partial charge on any atom is 0.191 e. The van der Waals surface area contributed by atoms with E-state index in [1.807, 2.05) is 11.8 Å². The lowest BCUT2D eigenvalue weighted by Gasteiger charge is -2.18. The molecular formula is C18H33IN4S. The van der Waals surface area contributed by atoms with Gasteiger partial charge in [-0.15, -0.1) is 24.0 Å². The monoisotopic (exact) mass is 464 g/mol. The highest BCUT2D eigenvalue weighted by Gasteiger charge is 2.02. The van der Waals surface area contributed by atoms with E-state index in [4.69, 9.17) is 0 Å². The van der Waals surface area contributed by atoms with E-state index in [-0.39, 0.29) is 24.0 Å². The zero-order chi connectivity index (χ0) is 16.9. The number of guanidine groups is 1. The molecule has 0 heterocycles. The Hall–Kier alpha value is -0.470. The molecule has 0 aliphatic carbocycles. The van der Waals surface area contributed by atoms with E-state index >= 15 is 0 Å². The summed E-state index contributed by atoms with van der Waals surface area (Å²) in [6, 6.07) is 8.76. The van der Waals surface area contributed by atoms with Crippen molar-refractivity contribution < 1.29 is 0 Å². The lowest BCUT2D eigenvalue weighted by molar-refractivity contribution is 0.296. The van der Waals surface area contributed by atoms with Crippen LogP contribution in [0.1, 0.15) is 31.9 Å². The minimum atomic E-state index is 0. The molecule has 1 aromatic rings. The van der Waals surface area contributed by atoms with Crippen molar-refractivity contribution in [1.82, 2.24) is 15.5 Å². The summed E-state index contributed by atoms with van der Waals surface area (Å²) in [5.74, 6) is 1.99. The van der Waals surface area contributed by atoms with E-state index < -0.39 is 0 Å². The van der Waals surface area contributed by atoms with Crippen molar-refractivity contribution in [1.29, 1.82) is 0 Å². The topological polar surface area (TPSA) is 39.7 Å². The van der Waals surface area contributed by atoms with Gasteiger partial charge >= 0.3 is 0 Å².